The van der Waals surface area contributed by atoms with Crippen LogP contribution >= 0.6 is 11.6 Å². The van der Waals surface area contributed by atoms with Gasteiger partial charge in [0.25, 0.3) is 5.91 Å². The van der Waals surface area contributed by atoms with E-state index in [1.807, 2.05) is 6.92 Å². The fourth-order valence-corrected chi connectivity index (χ4v) is 4.17. The number of fused-ring (bicyclic) bond motifs is 1. The zero-order valence-electron chi connectivity index (χ0n) is 16.7. The van der Waals surface area contributed by atoms with Crippen molar-refractivity contribution in [1.29, 1.82) is 0 Å². The third-order valence-corrected chi connectivity index (χ3v) is 5.75. The van der Waals surface area contributed by atoms with Crippen LogP contribution in [0, 0.1) is 6.92 Å². The molecule has 3 aromatic rings. The summed E-state index contributed by atoms with van der Waals surface area (Å²) in [6, 6.07) is 11.3. The average Bonchev–Trinajstić information content (AvgIpc) is 2.96. The van der Waals surface area contributed by atoms with Gasteiger partial charge in [0.1, 0.15) is 5.75 Å². The Morgan fingerprint density at radius 2 is 1.90 bits per heavy atom. The van der Waals surface area contributed by atoms with Gasteiger partial charge in [-0.15, -0.1) is 0 Å². The van der Waals surface area contributed by atoms with Crippen LogP contribution in [0.25, 0.3) is 10.9 Å². The van der Waals surface area contributed by atoms with Crippen molar-refractivity contribution >= 4 is 34.4 Å². The molecular formula is C23H24ClNO4. The van der Waals surface area contributed by atoms with E-state index in [0.29, 0.717) is 39.2 Å². The number of phenolic OH excluding ortho intramolecular Hbond substituents is 1. The van der Waals surface area contributed by atoms with Crippen LogP contribution < -0.4 is 0 Å². The minimum absolute atomic E-state index is 0.0225. The molecule has 0 aliphatic rings. The number of aromatic nitrogens is 1. The minimum atomic E-state index is -1.19. The van der Waals surface area contributed by atoms with Crippen LogP contribution in [0.2, 0.25) is 5.02 Å². The maximum Gasteiger partial charge on any atom is 0.313 e. The van der Waals surface area contributed by atoms with Crippen molar-refractivity contribution in [2.75, 3.05) is 0 Å². The molecule has 3 rings (SSSR count). The number of aliphatic carboxylic acids is 1. The lowest BCUT2D eigenvalue weighted by Crippen LogP contribution is -2.33. The molecule has 0 saturated carbocycles. The zero-order chi connectivity index (χ0) is 21.3. The number of nitrogens with zero attached hydrogens (tertiary/aromatic N) is 1. The highest BCUT2D eigenvalue weighted by Gasteiger charge is 2.40. The van der Waals surface area contributed by atoms with Crippen LogP contribution in [0.3, 0.4) is 0 Å². The summed E-state index contributed by atoms with van der Waals surface area (Å²) in [5.74, 6) is -1.23. The van der Waals surface area contributed by atoms with Gasteiger partial charge in [-0.2, -0.15) is 0 Å². The summed E-state index contributed by atoms with van der Waals surface area (Å²) in [6.07, 6.45) is 2.02. The first-order valence-electron chi connectivity index (χ1n) is 9.59. The number of hydrogen-bond donors (Lipinski definition) is 2. The van der Waals surface area contributed by atoms with Crippen LogP contribution in [0.5, 0.6) is 5.75 Å². The Morgan fingerprint density at radius 1 is 1.17 bits per heavy atom. The lowest BCUT2D eigenvalue weighted by atomic mass is 9.76. The van der Waals surface area contributed by atoms with Gasteiger partial charge in [0.2, 0.25) is 0 Å². The van der Waals surface area contributed by atoms with E-state index < -0.39 is 11.4 Å². The van der Waals surface area contributed by atoms with Crippen LogP contribution in [0.1, 0.15) is 54.7 Å². The largest absolute Gasteiger partial charge is 0.508 e. The van der Waals surface area contributed by atoms with E-state index in [1.165, 1.54) is 16.7 Å². The molecule has 0 saturated heterocycles. The quantitative estimate of drug-likeness (QED) is 0.556. The van der Waals surface area contributed by atoms with E-state index in [0.717, 1.165) is 12.8 Å². The topological polar surface area (TPSA) is 79.5 Å². The van der Waals surface area contributed by atoms with Crippen molar-refractivity contribution in [2.24, 2.45) is 0 Å². The predicted molar refractivity (Wildman–Crippen MR) is 114 cm³/mol. The van der Waals surface area contributed by atoms with E-state index in [-0.39, 0.29) is 11.7 Å². The van der Waals surface area contributed by atoms with Gasteiger partial charge in [-0.25, -0.2) is 0 Å². The maximum absolute atomic E-state index is 13.3. The van der Waals surface area contributed by atoms with Crippen LogP contribution in [-0.2, 0) is 10.2 Å². The van der Waals surface area contributed by atoms with E-state index in [9.17, 15) is 19.8 Å². The number of unbranched alkanes of at least 4 members (excludes halogenated alkanes) is 1. The first-order valence-corrected chi connectivity index (χ1v) is 9.96. The lowest BCUT2D eigenvalue weighted by molar-refractivity contribution is -0.143. The summed E-state index contributed by atoms with van der Waals surface area (Å²) in [7, 11) is 0. The summed E-state index contributed by atoms with van der Waals surface area (Å²) < 4.78 is 1.52. The number of carbonyl (C=O) groups is 2. The standard InChI is InChI=1S/C23H24ClNO4/c1-4-5-11-23(3,22(28)29)20-14(2)25(19-10-9-17(26)13-18(19)20)21(27)15-7-6-8-16(24)12-15/h6-10,12-13,26H,4-5,11H2,1-3H3,(H,28,29)/t23-/m1/s1. The van der Waals surface area contributed by atoms with E-state index >= 15 is 0 Å². The molecule has 0 bridgehead atoms. The number of carbonyl (C=O) groups excluding carboxylic acids is 1. The summed E-state index contributed by atoms with van der Waals surface area (Å²) in [6.45, 7) is 5.44. The number of hydrogen-bond acceptors (Lipinski definition) is 3. The van der Waals surface area contributed by atoms with E-state index in [2.05, 4.69) is 0 Å². The Bertz CT molecular complexity index is 1100. The third kappa shape index (κ3) is 3.62. The van der Waals surface area contributed by atoms with E-state index in [1.54, 1.807) is 44.2 Å². The Labute approximate surface area is 174 Å². The second-order valence-corrected chi connectivity index (χ2v) is 7.99. The normalized spacial score (nSPS) is 13.4. The number of benzene rings is 2. The highest BCUT2D eigenvalue weighted by molar-refractivity contribution is 6.31. The summed E-state index contributed by atoms with van der Waals surface area (Å²) >= 11 is 6.06. The molecule has 5 nitrogen and oxygen atoms in total. The highest BCUT2D eigenvalue weighted by atomic mass is 35.5. The molecule has 2 aromatic carbocycles. The number of carboxylic acid groups (broad SMARTS) is 1. The van der Waals surface area contributed by atoms with Crippen LogP contribution in [-0.4, -0.2) is 26.7 Å². The van der Waals surface area contributed by atoms with Crippen molar-refractivity contribution in [2.45, 2.75) is 45.4 Å². The van der Waals surface area contributed by atoms with Crippen molar-refractivity contribution in [3.63, 3.8) is 0 Å². The Balaban J connectivity index is 2.32. The molecule has 0 fully saturated rings. The second-order valence-electron chi connectivity index (χ2n) is 7.55. The molecule has 0 spiro atoms. The Kier molecular flexibility index (Phi) is 5.71. The number of phenols is 1. The molecule has 0 aliphatic heterocycles. The number of aromatic hydroxyl groups is 1. The van der Waals surface area contributed by atoms with Gasteiger partial charge in [-0.1, -0.05) is 37.4 Å². The number of halogens is 1. The summed E-state index contributed by atoms with van der Waals surface area (Å²) in [4.78, 5) is 25.7. The number of rotatable bonds is 6. The van der Waals surface area contributed by atoms with Crippen molar-refractivity contribution in [1.82, 2.24) is 4.57 Å². The third-order valence-electron chi connectivity index (χ3n) is 5.52. The van der Waals surface area contributed by atoms with Gasteiger partial charge >= 0.3 is 5.97 Å². The minimum Gasteiger partial charge on any atom is -0.508 e. The fourth-order valence-electron chi connectivity index (χ4n) is 3.98. The molecule has 29 heavy (non-hydrogen) atoms. The van der Waals surface area contributed by atoms with Gasteiger partial charge in [0.15, 0.2) is 0 Å². The van der Waals surface area contributed by atoms with Gasteiger partial charge in [-0.3, -0.25) is 14.2 Å². The molecule has 0 aliphatic carbocycles. The highest BCUT2D eigenvalue weighted by Crippen LogP contribution is 2.40. The molecule has 0 radical (unpaired) electrons. The fraction of sp³-hybridized carbons (Fsp3) is 0.304. The smallest absolute Gasteiger partial charge is 0.313 e. The molecule has 2 N–H and O–H groups in total. The SMILES string of the molecule is CCCC[C@@](C)(C(=O)O)c1c(C)n(C(=O)c2cccc(Cl)c2)c2ccc(O)cc12. The summed E-state index contributed by atoms with van der Waals surface area (Å²) in [5, 5.41) is 21.2. The van der Waals surface area contributed by atoms with Gasteiger partial charge in [-0.05, 0) is 62.2 Å². The van der Waals surface area contributed by atoms with Gasteiger partial charge in [0, 0.05) is 21.7 Å². The molecular weight excluding hydrogens is 390 g/mol. The monoisotopic (exact) mass is 413 g/mol. The maximum atomic E-state index is 13.3. The Hall–Kier alpha value is -2.79. The van der Waals surface area contributed by atoms with Gasteiger partial charge in [0.05, 0.1) is 10.9 Å². The second kappa shape index (κ2) is 7.91. The zero-order valence-corrected chi connectivity index (χ0v) is 17.5. The molecule has 0 amide bonds. The van der Waals surface area contributed by atoms with Crippen molar-refractivity contribution in [3.8, 4) is 5.75 Å². The van der Waals surface area contributed by atoms with Gasteiger partial charge < -0.3 is 10.2 Å². The summed E-state index contributed by atoms with van der Waals surface area (Å²) in [5.41, 5.74) is 0.884. The molecule has 1 atom stereocenters. The van der Waals surface area contributed by atoms with Crippen LogP contribution in [0.4, 0.5) is 0 Å². The molecule has 152 valence electrons. The molecule has 0 unspecified atom stereocenters. The first-order chi connectivity index (χ1) is 13.7. The van der Waals surface area contributed by atoms with Crippen molar-refractivity contribution in [3.05, 3.63) is 64.3 Å². The lowest BCUT2D eigenvalue weighted by Gasteiger charge is -2.26. The first kappa shape index (κ1) is 20.9. The van der Waals surface area contributed by atoms with Crippen LogP contribution in [0.15, 0.2) is 42.5 Å². The van der Waals surface area contributed by atoms with E-state index in [4.69, 9.17) is 11.6 Å². The average molecular weight is 414 g/mol. The molecule has 6 heteroatoms. The predicted octanol–water partition coefficient (Wildman–Crippen LogP) is 5.53. The number of carboxylic acids is 1. The molecule has 1 aromatic heterocycles. The Morgan fingerprint density at radius 3 is 2.52 bits per heavy atom. The molecule has 1 heterocycles. The van der Waals surface area contributed by atoms with Crippen molar-refractivity contribution < 1.29 is 19.8 Å².